The minimum atomic E-state index is 0.360. The zero-order valence-corrected chi connectivity index (χ0v) is 12.2. The van der Waals surface area contributed by atoms with Crippen molar-refractivity contribution in [2.24, 2.45) is 5.41 Å². The van der Waals surface area contributed by atoms with Crippen molar-refractivity contribution in [1.82, 2.24) is 14.8 Å². The van der Waals surface area contributed by atoms with E-state index in [0.717, 1.165) is 11.5 Å². The highest BCUT2D eigenvalue weighted by Gasteiger charge is 2.31. The van der Waals surface area contributed by atoms with Gasteiger partial charge in [0.2, 0.25) is 0 Å². The molecule has 0 aliphatic heterocycles. The first-order valence-electron chi connectivity index (χ1n) is 7.38. The molecule has 0 radical (unpaired) electrons. The van der Waals surface area contributed by atoms with E-state index < -0.39 is 0 Å². The van der Waals surface area contributed by atoms with E-state index >= 15 is 0 Å². The topological polar surface area (TPSA) is 42.7 Å². The van der Waals surface area contributed by atoms with E-state index in [2.05, 4.69) is 35.3 Å². The van der Waals surface area contributed by atoms with Gasteiger partial charge < -0.3 is 5.32 Å². The summed E-state index contributed by atoms with van der Waals surface area (Å²) in [4.78, 5) is 4.47. The molecule has 0 amide bonds. The number of hydrogen-bond donors (Lipinski definition) is 1. The lowest BCUT2D eigenvalue weighted by molar-refractivity contribution is 0.217. The molecule has 4 heteroatoms. The van der Waals surface area contributed by atoms with Crippen molar-refractivity contribution in [2.45, 2.75) is 45.6 Å². The van der Waals surface area contributed by atoms with E-state index in [0.29, 0.717) is 11.5 Å². The van der Waals surface area contributed by atoms with Gasteiger partial charge in [-0.1, -0.05) is 26.7 Å². The zero-order valence-electron chi connectivity index (χ0n) is 12.2. The second-order valence-electron chi connectivity index (χ2n) is 6.29. The highest BCUT2D eigenvalue weighted by atomic mass is 15.3. The molecule has 2 aromatic heterocycles. The predicted molar refractivity (Wildman–Crippen MR) is 81.0 cm³/mol. The summed E-state index contributed by atoms with van der Waals surface area (Å²) in [5, 5.41) is 7.84. The second-order valence-corrected chi connectivity index (χ2v) is 6.29. The Bertz CT molecular complexity index is 542. The molecule has 0 bridgehead atoms. The van der Waals surface area contributed by atoms with Crippen LogP contribution in [0.25, 0.3) is 5.82 Å². The normalized spacial score (nSPS) is 21.6. The molecule has 1 aliphatic carbocycles. The van der Waals surface area contributed by atoms with Crippen LogP contribution < -0.4 is 5.32 Å². The van der Waals surface area contributed by atoms with Crippen molar-refractivity contribution in [2.75, 3.05) is 5.32 Å². The van der Waals surface area contributed by atoms with Gasteiger partial charge in [0.25, 0.3) is 0 Å². The van der Waals surface area contributed by atoms with Crippen molar-refractivity contribution in [3.63, 3.8) is 0 Å². The van der Waals surface area contributed by atoms with Gasteiger partial charge >= 0.3 is 0 Å². The number of pyridine rings is 1. The molecule has 2 heterocycles. The van der Waals surface area contributed by atoms with Gasteiger partial charge in [-0.25, -0.2) is 9.67 Å². The second kappa shape index (κ2) is 5.27. The third kappa shape index (κ3) is 2.69. The first-order chi connectivity index (χ1) is 9.65. The molecule has 20 heavy (non-hydrogen) atoms. The Balaban J connectivity index is 1.72. The largest absolute Gasteiger partial charge is 0.381 e. The maximum atomic E-state index is 4.47. The number of nitrogens with one attached hydrogen (secondary N) is 1. The van der Waals surface area contributed by atoms with E-state index in [-0.39, 0.29) is 0 Å². The minimum absolute atomic E-state index is 0.360. The van der Waals surface area contributed by atoms with Crippen molar-refractivity contribution >= 4 is 5.69 Å². The molecular formula is C16H22N4. The molecule has 0 saturated heterocycles. The molecule has 0 aromatic carbocycles. The smallest absolute Gasteiger partial charge is 0.153 e. The van der Waals surface area contributed by atoms with Crippen molar-refractivity contribution in [3.8, 4) is 5.82 Å². The van der Waals surface area contributed by atoms with Crippen LogP contribution >= 0.6 is 0 Å². The van der Waals surface area contributed by atoms with Gasteiger partial charge in [-0.2, -0.15) is 5.10 Å². The monoisotopic (exact) mass is 270 g/mol. The molecule has 1 fully saturated rings. The van der Waals surface area contributed by atoms with E-state index in [1.54, 1.807) is 10.9 Å². The Morgan fingerprint density at radius 1 is 1.30 bits per heavy atom. The summed E-state index contributed by atoms with van der Waals surface area (Å²) in [6.07, 6.45) is 10.8. The Morgan fingerprint density at radius 2 is 2.20 bits per heavy atom. The molecule has 3 rings (SSSR count). The maximum absolute atomic E-state index is 4.47. The standard InChI is InChI=1S/C16H22N4/c1-16(2)9-4-3-6-14(16)19-13-7-8-15(17-12-13)20-11-5-10-18-20/h5,7-8,10-12,14,19H,3-4,6,9H2,1-2H3. The summed E-state index contributed by atoms with van der Waals surface area (Å²) >= 11 is 0. The van der Waals surface area contributed by atoms with Gasteiger partial charge in [0.15, 0.2) is 5.82 Å². The van der Waals surface area contributed by atoms with Gasteiger partial charge in [-0.05, 0) is 36.5 Å². The number of anilines is 1. The summed E-state index contributed by atoms with van der Waals surface area (Å²) < 4.78 is 1.77. The van der Waals surface area contributed by atoms with E-state index in [9.17, 15) is 0 Å². The molecule has 2 aromatic rings. The zero-order chi connectivity index (χ0) is 14.0. The molecule has 1 atom stereocenters. The fourth-order valence-corrected chi connectivity index (χ4v) is 2.97. The van der Waals surface area contributed by atoms with Crippen LogP contribution in [0.5, 0.6) is 0 Å². The van der Waals surface area contributed by atoms with Crippen LogP contribution in [-0.2, 0) is 0 Å². The summed E-state index contributed by atoms with van der Waals surface area (Å²) in [6.45, 7) is 4.71. The van der Waals surface area contributed by atoms with Crippen LogP contribution in [-0.4, -0.2) is 20.8 Å². The van der Waals surface area contributed by atoms with Gasteiger partial charge in [-0.15, -0.1) is 0 Å². The Hall–Kier alpha value is -1.84. The highest BCUT2D eigenvalue weighted by Crippen LogP contribution is 2.37. The van der Waals surface area contributed by atoms with E-state index in [1.165, 1.54) is 25.7 Å². The lowest BCUT2D eigenvalue weighted by atomic mass is 9.73. The summed E-state index contributed by atoms with van der Waals surface area (Å²) in [5.41, 5.74) is 1.46. The molecular weight excluding hydrogens is 248 g/mol. The summed E-state index contributed by atoms with van der Waals surface area (Å²) in [5.74, 6) is 0.850. The molecule has 1 unspecified atom stereocenters. The van der Waals surface area contributed by atoms with Gasteiger partial charge in [-0.3, -0.25) is 0 Å². The van der Waals surface area contributed by atoms with Crippen molar-refractivity contribution < 1.29 is 0 Å². The lowest BCUT2D eigenvalue weighted by Gasteiger charge is -2.39. The fraction of sp³-hybridized carbons (Fsp3) is 0.500. The molecule has 0 spiro atoms. The highest BCUT2D eigenvalue weighted by molar-refractivity contribution is 5.44. The summed E-state index contributed by atoms with van der Waals surface area (Å²) in [7, 11) is 0. The van der Waals surface area contributed by atoms with Crippen LogP contribution in [0.3, 0.4) is 0 Å². The van der Waals surface area contributed by atoms with Gasteiger partial charge in [0.1, 0.15) is 0 Å². The SMILES string of the molecule is CC1(C)CCCCC1Nc1ccc(-n2cccn2)nc1. The summed E-state index contributed by atoms with van der Waals surface area (Å²) in [6, 6.07) is 6.53. The predicted octanol–water partition coefficient (Wildman–Crippen LogP) is 3.65. The molecule has 1 saturated carbocycles. The van der Waals surface area contributed by atoms with Crippen LogP contribution in [0.4, 0.5) is 5.69 Å². The minimum Gasteiger partial charge on any atom is -0.381 e. The quantitative estimate of drug-likeness (QED) is 0.925. The van der Waals surface area contributed by atoms with Crippen LogP contribution in [0.2, 0.25) is 0 Å². The molecule has 1 N–H and O–H groups in total. The maximum Gasteiger partial charge on any atom is 0.153 e. The van der Waals surface area contributed by atoms with Crippen LogP contribution in [0.15, 0.2) is 36.8 Å². The first kappa shape index (κ1) is 13.2. The number of hydrogen-bond acceptors (Lipinski definition) is 3. The van der Waals surface area contributed by atoms with Gasteiger partial charge in [0.05, 0.1) is 11.9 Å². The number of rotatable bonds is 3. The van der Waals surface area contributed by atoms with E-state index in [4.69, 9.17) is 0 Å². The Kier molecular flexibility index (Phi) is 3.47. The third-order valence-corrected chi connectivity index (χ3v) is 4.34. The number of nitrogens with zero attached hydrogens (tertiary/aromatic N) is 3. The third-order valence-electron chi connectivity index (χ3n) is 4.34. The fourth-order valence-electron chi connectivity index (χ4n) is 2.97. The molecule has 106 valence electrons. The molecule has 4 nitrogen and oxygen atoms in total. The number of aromatic nitrogens is 3. The average Bonchev–Trinajstić information content (AvgIpc) is 2.96. The molecule has 1 aliphatic rings. The van der Waals surface area contributed by atoms with Crippen LogP contribution in [0.1, 0.15) is 39.5 Å². The Morgan fingerprint density at radius 3 is 2.85 bits per heavy atom. The van der Waals surface area contributed by atoms with Crippen LogP contribution in [0, 0.1) is 5.41 Å². The van der Waals surface area contributed by atoms with Gasteiger partial charge in [0, 0.05) is 18.4 Å². The van der Waals surface area contributed by atoms with Crippen molar-refractivity contribution in [1.29, 1.82) is 0 Å². The first-order valence-corrected chi connectivity index (χ1v) is 7.38. The van der Waals surface area contributed by atoms with Crippen molar-refractivity contribution in [3.05, 3.63) is 36.8 Å². The Labute approximate surface area is 120 Å². The lowest BCUT2D eigenvalue weighted by Crippen LogP contribution is -2.38. The van der Waals surface area contributed by atoms with E-state index in [1.807, 2.05) is 24.5 Å². The average molecular weight is 270 g/mol.